The minimum atomic E-state index is -0.305. The summed E-state index contributed by atoms with van der Waals surface area (Å²) in [6, 6.07) is 17.1. The predicted octanol–water partition coefficient (Wildman–Crippen LogP) is 4.74. The highest BCUT2D eigenvalue weighted by Crippen LogP contribution is 2.58. The highest BCUT2D eigenvalue weighted by molar-refractivity contribution is 6.31. The third kappa shape index (κ3) is 2.28. The lowest BCUT2D eigenvalue weighted by Gasteiger charge is -2.20. The first-order valence-corrected chi connectivity index (χ1v) is 9.53. The van der Waals surface area contributed by atoms with Gasteiger partial charge in [-0.1, -0.05) is 65.7 Å². The number of amides is 2. The molecular formula is C23H18ClNO2. The lowest BCUT2D eigenvalue weighted by atomic mass is 9.85. The molecule has 2 aromatic rings. The topological polar surface area (TPSA) is 37.4 Å². The summed E-state index contributed by atoms with van der Waals surface area (Å²) in [7, 11) is 0. The number of carbonyl (C=O) groups is 2. The fraction of sp³-hybridized carbons (Fsp3) is 0.217. The fourth-order valence-electron chi connectivity index (χ4n) is 4.99. The van der Waals surface area contributed by atoms with Crippen LogP contribution in [0, 0.1) is 23.7 Å². The van der Waals surface area contributed by atoms with E-state index in [-0.39, 0.29) is 35.5 Å². The van der Waals surface area contributed by atoms with E-state index >= 15 is 0 Å². The van der Waals surface area contributed by atoms with Crippen LogP contribution < -0.4 is 4.90 Å². The highest BCUT2D eigenvalue weighted by Gasteiger charge is 2.62. The molecule has 1 aliphatic heterocycles. The van der Waals surface area contributed by atoms with Crippen LogP contribution in [0.3, 0.4) is 0 Å². The molecule has 0 radical (unpaired) electrons. The molecule has 3 nitrogen and oxygen atoms in total. The summed E-state index contributed by atoms with van der Waals surface area (Å²) in [4.78, 5) is 27.8. The minimum absolute atomic E-state index is 0.000778. The van der Waals surface area contributed by atoms with Crippen LogP contribution in [-0.2, 0) is 9.59 Å². The van der Waals surface area contributed by atoms with Gasteiger partial charge in [0.05, 0.1) is 17.5 Å². The maximum Gasteiger partial charge on any atom is 0.238 e. The number of hydrogen-bond donors (Lipinski definition) is 0. The molecule has 0 aromatic heterocycles. The van der Waals surface area contributed by atoms with Gasteiger partial charge in [-0.15, -0.1) is 0 Å². The fourth-order valence-corrected chi connectivity index (χ4v) is 5.17. The normalized spacial score (nSPS) is 28.2. The Hall–Kier alpha value is -2.65. The molecule has 1 saturated carbocycles. The van der Waals surface area contributed by atoms with Gasteiger partial charge in [0, 0.05) is 16.9 Å². The van der Waals surface area contributed by atoms with Crippen LogP contribution in [0.5, 0.6) is 0 Å². The second-order valence-electron chi connectivity index (χ2n) is 7.43. The molecule has 0 N–H and O–H groups in total. The van der Waals surface area contributed by atoms with Gasteiger partial charge in [0.2, 0.25) is 11.8 Å². The lowest BCUT2D eigenvalue weighted by molar-refractivity contribution is -0.122. The standard InChI is InChI=1S/C23H18ClNO2/c1-13(14-6-3-2-4-7-14)19-17-10-11-18(19)21-20(17)22(26)25(23(21)27)16-9-5-8-15(24)12-16/h2-12,17-18,20-21H,1H3/t17-,18-,20-,21-/m1/s1. The second-order valence-corrected chi connectivity index (χ2v) is 7.86. The van der Waals surface area contributed by atoms with Gasteiger partial charge in [0.1, 0.15) is 0 Å². The molecule has 2 fully saturated rings. The van der Waals surface area contributed by atoms with Crippen molar-refractivity contribution in [2.75, 3.05) is 4.90 Å². The quantitative estimate of drug-likeness (QED) is 0.562. The second kappa shape index (κ2) is 5.93. The van der Waals surface area contributed by atoms with Crippen LogP contribution in [0.15, 0.2) is 72.3 Å². The van der Waals surface area contributed by atoms with Crippen molar-refractivity contribution in [1.29, 1.82) is 0 Å². The smallest absolute Gasteiger partial charge is 0.238 e. The third-order valence-corrected chi connectivity index (χ3v) is 6.36. The van der Waals surface area contributed by atoms with Crippen LogP contribution in [0.1, 0.15) is 12.5 Å². The summed E-state index contributed by atoms with van der Waals surface area (Å²) < 4.78 is 0. The number of carbonyl (C=O) groups excluding carboxylic acids is 2. The number of nitrogens with zero attached hydrogens (tertiary/aromatic N) is 1. The van der Waals surface area contributed by atoms with E-state index in [1.807, 2.05) is 18.2 Å². The van der Waals surface area contributed by atoms with E-state index in [9.17, 15) is 9.59 Å². The van der Waals surface area contributed by atoms with Crippen LogP contribution in [0.4, 0.5) is 5.69 Å². The molecule has 3 aliphatic rings. The predicted molar refractivity (Wildman–Crippen MR) is 106 cm³/mol. The SMILES string of the molecule is CC(=C1[C@H]2C=C[C@H]1[C@H]1C(=O)N(c3cccc(Cl)c3)C(=O)[C@@H]12)c1ccccc1. The Bertz CT molecular complexity index is 990. The average molecular weight is 376 g/mol. The van der Waals surface area contributed by atoms with Crippen molar-refractivity contribution in [2.45, 2.75) is 6.92 Å². The molecule has 2 aliphatic carbocycles. The molecule has 0 unspecified atom stereocenters. The Kier molecular flexibility index (Phi) is 3.63. The number of fused-ring (bicyclic) bond motifs is 5. The first kappa shape index (κ1) is 16.5. The largest absolute Gasteiger partial charge is 0.274 e. The van der Waals surface area contributed by atoms with E-state index in [0.717, 1.165) is 5.56 Å². The molecule has 2 bridgehead atoms. The van der Waals surface area contributed by atoms with E-state index in [1.54, 1.807) is 24.3 Å². The molecular weight excluding hydrogens is 358 g/mol. The number of rotatable bonds is 2. The van der Waals surface area contributed by atoms with Crippen molar-refractivity contribution in [1.82, 2.24) is 0 Å². The summed E-state index contributed by atoms with van der Waals surface area (Å²) >= 11 is 6.07. The molecule has 27 heavy (non-hydrogen) atoms. The highest BCUT2D eigenvalue weighted by atomic mass is 35.5. The van der Waals surface area contributed by atoms with Crippen molar-refractivity contribution in [3.63, 3.8) is 0 Å². The summed E-state index contributed by atoms with van der Waals surface area (Å²) in [5, 5.41) is 0.520. The number of anilines is 1. The zero-order chi connectivity index (χ0) is 18.7. The Morgan fingerprint density at radius 2 is 1.52 bits per heavy atom. The van der Waals surface area contributed by atoms with Gasteiger partial charge >= 0.3 is 0 Å². The monoisotopic (exact) mass is 375 g/mol. The zero-order valence-corrected chi connectivity index (χ0v) is 15.6. The van der Waals surface area contributed by atoms with E-state index in [2.05, 4.69) is 31.2 Å². The van der Waals surface area contributed by atoms with E-state index in [1.165, 1.54) is 16.0 Å². The van der Waals surface area contributed by atoms with Crippen molar-refractivity contribution in [3.8, 4) is 0 Å². The number of imide groups is 1. The van der Waals surface area contributed by atoms with E-state index in [4.69, 9.17) is 11.6 Å². The van der Waals surface area contributed by atoms with Crippen molar-refractivity contribution < 1.29 is 9.59 Å². The van der Waals surface area contributed by atoms with Gasteiger partial charge in [-0.25, -0.2) is 4.90 Å². The summed E-state index contributed by atoms with van der Waals surface area (Å²) in [5.74, 6) is -0.827. The van der Waals surface area contributed by atoms with Gasteiger partial charge in [0.15, 0.2) is 0 Å². The van der Waals surface area contributed by atoms with Crippen LogP contribution >= 0.6 is 11.6 Å². The van der Waals surface area contributed by atoms with Crippen molar-refractivity contribution in [2.24, 2.45) is 23.7 Å². The van der Waals surface area contributed by atoms with Gasteiger partial charge in [-0.2, -0.15) is 0 Å². The first-order valence-electron chi connectivity index (χ1n) is 9.15. The number of allylic oxidation sites excluding steroid dienone is 4. The summed E-state index contributed by atoms with van der Waals surface area (Å²) in [5.41, 5.74) is 4.12. The van der Waals surface area contributed by atoms with E-state index in [0.29, 0.717) is 10.7 Å². The molecule has 1 heterocycles. The van der Waals surface area contributed by atoms with Crippen LogP contribution in [-0.4, -0.2) is 11.8 Å². The van der Waals surface area contributed by atoms with Gasteiger partial charge in [0.25, 0.3) is 0 Å². The molecule has 5 rings (SSSR count). The van der Waals surface area contributed by atoms with Gasteiger partial charge in [-0.3, -0.25) is 9.59 Å². The molecule has 0 spiro atoms. The molecule has 134 valence electrons. The number of hydrogen-bond acceptors (Lipinski definition) is 2. The number of benzene rings is 2. The van der Waals surface area contributed by atoms with Crippen molar-refractivity contribution >= 4 is 34.7 Å². The summed E-state index contributed by atoms with van der Waals surface area (Å²) in [6.45, 7) is 2.10. The minimum Gasteiger partial charge on any atom is -0.274 e. The maximum atomic E-state index is 13.2. The van der Waals surface area contributed by atoms with Gasteiger partial charge < -0.3 is 0 Å². The number of halogens is 1. The third-order valence-electron chi connectivity index (χ3n) is 6.12. The lowest BCUT2D eigenvalue weighted by Crippen LogP contribution is -2.33. The average Bonchev–Trinajstić information content (AvgIpc) is 3.31. The van der Waals surface area contributed by atoms with Crippen LogP contribution in [0.25, 0.3) is 5.57 Å². The first-order chi connectivity index (χ1) is 13.1. The van der Waals surface area contributed by atoms with Crippen molar-refractivity contribution in [3.05, 3.63) is 82.9 Å². The molecule has 2 amide bonds. The summed E-state index contributed by atoms with van der Waals surface area (Å²) in [6.07, 6.45) is 4.22. The Morgan fingerprint density at radius 1 is 0.889 bits per heavy atom. The molecule has 4 heteroatoms. The molecule has 2 aromatic carbocycles. The molecule has 1 saturated heterocycles. The Morgan fingerprint density at radius 3 is 2.11 bits per heavy atom. The van der Waals surface area contributed by atoms with E-state index < -0.39 is 0 Å². The molecule has 4 atom stereocenters. The Labute approximate surface area is 162 Å². The Balaban J connectivity index is 1.56. The van der Waals surface area contributed by atoms with Gasteiger partial charge in [-0.05, 0) is 36.3 Å². The zero-order valence-electron chi connectivity index (χ0n) is 14.8. The maximum absolute atomic E-state index is 13.2. The van der Waals surface area contributed by atoms with Crippen LogP contribution in [0.2, 0.25) is 5.02 Å².